The van der Waals surface area contributed by atoms with Crippen LogP contribution in [-0.2, 0) is 0 Å². The number of benzene rings is 1. The fourth-order valence-electron chi connectivity index (χ4n) is 3.87. The molecule has 2 aromatic heterocycles. The van der Waals surface area contributed by atoms with Gasteiger partial charge in [-0.25, -0.2) is 9.67 Å². The SMILES string of the molecule is Clc1ccc(-n2nc(C3CC3)nc2[C@H](c2cccnc2)N2CCCC2)cc1. The average molecular weight is 380 g/mol. The zero-order valence-electron chi connectivity index (χ0n) is 15.1. The molecule has 1 saturated carbocycles. The van der Waals surface area contributed by atoms with Gasteiger partial charge >= 0.3 is 0 Å². The molecule has 27 heavy (non-hydrogen) atoms. The molecular formula is C21H22ClN5. The van der Waals surface area contributed by atoms with Gasteiger partial charge in [-0.05, 0) is 74.7 Å². The molecule has 1 aliphatic carbocycles. The summed E-state index contributed by atoms with van der Waals surface area (Å²) in [5.74, 6) is 2.45. The molecule has 5 rings (SSSR count). The van der Waals surface area contributed by atoms with Gasteiger partial charge in [0.15, 0.2) is 11.6 Å². The van der Waals surface area contributed by atoms with Crippen LogP contribution in [0.1, 0.15) is 54.9 Å². The van der Waals surface area contributed by atoms with Crippen molar-refractivity contribution >= 4 is 11.6 Å². The van der Waals surface area contributed by atoms with E-state index in [1.807, 2.05) is 47.4 Å². The molecule has 3 heterocycles. The van der Waals surface area contributed by atoms with Gasteiger partial charge < -0.3 is 0 Å². The van der Waals surface area contributed by atoms with E-state index in [2.05, 4.69) is 16.0 Å². The second kappa shape index (κ2) is 7.06. The first-order chi connectivity index (χ1) is 13.3. The van der Waals surface area contributed by atoms with E-state index in [1.54, 1.807) is 0 Å². The van der Waals surface area contributed by atoms with Gasteiger partial charge in [-0.3, -0.25) is 9.88 Å². The number of likely N-dealkylation sites (tertiary alicyclic amines) is 1. The Hall–Kier alpha value is -2.24. The minimum absolute atomic E-state index is 0.0666. The highest BCUT2D eigenvalue weighted by molar-refractivity contribution is 6.30. The topological polar surface area (TPSA) is 46.8 Å². The third kappa shape index (κ3) is 3.37. The maximum Gasteiger partial charge on any atom is 0.154 e. The number of rotatable bonds is 5. The summed E-state index contributed by atoms with van der Waals surface area (Å²) < 4.78 is 2.01. The van der Waals surface area contributed by atoms with Crippen molar-refractivity contribution in [2.45, 2.75) is 37.6 Å². The maximum absolute atomic E-state index is 6.10. The molecular weight excluding hydrogens is 358 g/mol. The predicted molar refractivity (Wildman–Crippen MR) is 105 cm³/mol. The number of hydrogen-bond donors (Lipinski definition) is 0. The normalized spacial score (nSPS) is 18.7. The first-order valence-corrected chi connectivity index (χ1v) is 10.0. The van der Waals surface area contributed by atoms with Crippen molar-refractivity contribution in [3.63, 3.8) is 0 Å². The Balaban J connectivity index is 1.65. The van der Waals surface area contributed by atoms with E-state index in [9.17, 15) is 0 Å². The van der Waals surface area contributed by atoms with Gasteiger partial charge in [0.2, 0.25) is 0 Å². The van der Waals surface area contributed by atoms with E-state index in [0.717, 1.165) is 35.4 Å². The third-order valence-corrected chi connectivity index (χ3v) is 5.66. The molecule has 0 N–H and O–H groups in total. The fraction of sp³-hybridized carbons (Fsp3) is 0.381. The first kappa shape index (κ1) is 16.9. The molecule has 1 aromatic carbocycles. The highest BCUT2D eigenvalue weighted by atomic mass is 35.5. The Morgan fingerprint density at radius 2 is 1.81 bits per heavy atom. The number of halogens is 1. The second-order valence-corrected chi connectivity index (χ2v) is 7.86. The van der Waals surface area contributed by atoms with E-state index in [-0.39, 0.29) is 6.04 Å². The summed E-state index contributed by atoms with van der Waals surface area (Å²) in [7, 11) is 0. The van der Waals surface area contributed by atoms with Crippen LogP contribution in [0.2, 0.25) is 5.02 Å². The summed E-state index contributed by atoms with van der Waals surface area (Å²) in [5.41, 5.74) is 2.17. The molecule has 6 heteroatoms. The molecule has 0 radical (unpaired) electrons. The molecule has 0 amide bonds. The highest BCUT2D eigenvalue weighted by Gasteiger charge is 2.34. The highest BCUT2D eigenvalue weighted by Crippen LogP contribution is 2.40. The molecule has 138 valence electrons. The minimum Gasteiger partial charge on any atom is -0.290 e. The van der Waals surface area contributed by atoms with Crippen LogP contribution in [0, 0.1) is 0 Å². The van der Waals surface area contributed by atoms with E-state index in [0.29, 0.717) is 5.92 Å². The van der Waals surface area contributed by atoms with E-state index in [4.69, 9.17) is 21.7 Å². The Bertz CT molecular complexity index is 912. The van der Waals surface area contributed by atoms with Crippen molar-refractivity contribution in [2.24, 2.45) is 0 Å². The average Bonchev–Trinajstić information content (AvgIpc) is 3.24. The molecule has 1 aliphatic heterocycles. The quantitative estimate of drug-likeness (QED) is 0.660. The molecule has 1 saturated heterocycles. The molecule has 3 aromatic rings. The lowest BCUT2D eigenvalue weighted by Gasteiger charge is -2.27. The van der Waals surface area contributed by atoms with Gasteiger partial charge in [-0.1, -0.05) is 17.7 Å². The standard InChI is InChI=1S/C21H22ClN5/c22-17-7-9-18(10-8-17)27-21(24-20(25-27)15-5-6-15)19(26-12-1-2-13-26)16-4-3-11-23-14-16/h3-4,7-11,14-15,19H,1-2,5-6,12-13H2/t19-/m0/s1. The minimum atomic E-state index is 0.0666. The van der Waals surface area contributed by atoms with Crippen molar-refractivity contribution in [1.82, 2.24) is 24.6 Å². The molecule has 0 unspecified atom stereocenters. The maximum atomic E-state index is 6.10. The summed E-state index contributed by atoms with van der Waals surface area (Å²) >= 11 is 6.10. The number of pyridine rings is 1. The lowest BCUT2D eigenvalue weighted by molar-refractivity contribution is 0.268. The van der Waals surface area contributed by atoms with E-state index < -0.39 is 0 Å². The van der Waals surface area contributed by atoms with E-state index >= 15 is 0 Å². The third-order valence-electron chi connectivity index (χ3n) is 5.41. The van der Waals surface area contributed by atoms with Crippen LogP contribution >= 0.6 is 11.6 Å². The predicted octanol–water partition coefficient (Wildman–Crippen LogP) is 4.38. The largest absolute Gasteiger partial charge is 0.290 e. The van der Waals surface area contributed by atoms with Crippen LogP contribution in [-0.4, -0.2) is 37.7 Å². The zero-order chi connectivity index (χ0) is 18.2. The monoisotopic (exact) mass is 379 g/mol. The van der Waals surface area contributed by atoms with Gasteiger partial charge in [0.05, 0.1) is 11.7 Å². The van der Waals surface area contributed by atoms with Crippen molar-refractivity contribution in [3.8, 4) is 5.69 Å². The van der Waals surface area contributed by atoms with Gasteiger partial charge in [-0.15, -0.1) is 0 Å². The Kier molecular flexibility index (Phi) is 4.42. The van der Waals surface area contributed by atoms with Crippen molar-refractivity contribution in [2.75, 3.05) is 13.1 Å². The molecule has 2 aliphatic rings. The fourth-order valence-corrected chi connectivity index (χ4v) is 3.99. The van der Waals surface area contributed by atoms with Gasteiger partial charge in [0.25, 0.3) is 0 Å². The molecule has 0 spiro atoms. The summed E-state index contributed by atoms with van der Waals surface area (Å²) in [4.78, 5) is 11.9. The van der Waals surface area contributed by atoms with Crippen LogP contribution in [0.3, 0.4) is 0 Å². The van der Waals surface area contributed by atoms with Crippen LogP contribution in [0.4, 0.5) is 0 Å². The first-order valence-electron chi connectivity index (χ1n) is 9.66. The lowest BCUT2D eigenvalue weighted by atomic mass is 10.1. The Morgan fingerprint density at radius 1 is 1.04 bits per heavy atom. The molecule has 1 atom stereocenters. The Morgan fingerprint density at radius 3 is 2.48 bits per heavy atom. The van der Waals surface area contributed by atoms with Crippen LogP contribution < -0.4 is 0 Å². The molecule has 5 nitrogen and oxygen atoms in total. The zero-order valence-corrected chi connectivity index (χ0v) is 15.9. The van der Waals surface area contributed by atoms with Gasteiger partial charge in [-0.2, -0.15) is 5.10 Å². The number of nitrogens with zero attached hydrogens (tertiary/aromatic N) is 5. The molecule has 2 fully saturated rings. The van der Waals surface area contributed by atoms with Crippen LogP contribution in [0.25, 0.3) is 5.69 Å². The number of aromatic nitrogens is 4. The second-order valence-electron chi connectivity index (χ2n) is 7.42. The summed E-state index contributed by atoms with van der Waals surface area (Å²) in [6, 6.07) is 12.1. The Labute approximate surface area is 164 Å². The van der Waals surface area contributed by atoms with Gasteiger partial charge in [0.1, 0.15) is 0 Å². The van der Waals surface area contributed by atoms with Crippen molar-refractivity contribution in [3.05, 3.63) is 71.0 Å². The van der Waals surface area contributed by atoms with Crippen molar-refractivity contribution in [1.29, 1.82) is 0 Å². The van der Waals surface area contributed by atoms with Crippen molar-refractivity contribution < 1.29 is 0 Å². The molecule has 0 bridgehead atoms. The van der Waals surface area contributed by atoms with Crippen LogP contribution in [0.5, 0.6) is 0 Å². The summed E-state index contributed by atoms with van der Waals surface area (Å²) in [6.45, 7) is 2.15. The van der Waals surface area contributed by atoms with E-state index in [1.165, 1.54) is 31.2 Å². The number of hydrogen-bond acceptors (Lipinski definition) is 4. The smallest absolute Gasteiger partial charge is 0.154 e. The lowest BCUT2D eigenvalue weighted by Crippen LogP contribution is -2.29. The van der Waals surface area contributed by atoms with Crippen LogP contribution in [0.15, 0.2) is 48.8 Å². The summed E-state index contributed by atoms with van der Waals surface area (Å²) in [6.07, 6.45) is 8.60. The van der Waals surface area contributed by atoms with Gasteiger partial charge in [0, 0.05) is 23.3 Å². The summed E-state index contributed by atoms with van der Waals surface area (Å²) in [5, 5.41) is 5.63.